The number of anilines is 1. The highest BCUT2D eigenvalue weighted by molar-refractivity contribution is 5.37. The fraction of sp³-hybridized carbons (Fsp3) is 0.474. The van der Waals surface area contributed by atoms with Gasteiger partial charge in [-0.05, 0) is 31.5 Å². The summed E-state index contributed by atoms with van der Waals surface area (Å²) in [4.78, 5) is 20.4. The summed E-state index contributed by atoms with van der Waals surface area (Å²) < 4.78 is 5.60. The molecule has 2 rings (SSSR count). The fourth-order valence-electron chi connectivity index (χ4n) is 2.54. The molecular formula is C19H29N4O3+. The van der Waals surface area contributed by atoms with Crippen LogP contribution in [0.5, 0.6) is 11.6 Å². The van der Waals surface area contributed by atoms with Gasteiger partial charge in [-0.3, -0.25) is 9.78 Å². The number of aromatic amines is 1. The van der Waals surface area contributed by atoms with E-state index in [0.29, 0.717) is 18.9 Å². The van der Waals surface area contributed by atoms with Gasteiger partial charge in [-0.1, -0.05) is 12.1 Å². The van der Waals surface area contributed by atoms with Crippen molar-refractivity contribution in [2.45, 2.75) is 32.8 Å². The van der Waals surface area contributed by atoms with Crippen LogP contribution in [0.15, 0.2) is 29.1 Å². The first-order valence-corrected chi connectivity index (χ1v) is 8.96. The zero-order valence-electron chi connectivity index (χ0n) is 15.9. The number of aromatic hydroxyl groups is 1. The Bertz CT molecular complexity index is 754. The summed E-state index contributed by atoms with van der Waals surface area (Å²) in [5, 5.41) is 13.2. The van der Waals surface area contributed by atoms with Crippen LogP contribution < -0.4 is 20.5 Å². The van der Waals surface area contributed by atoms with Gasteiger partial charge in [0.25, 0.3) is 5.56 Å². The van der Waals surface area contributed by atoms with Crippen LogP contribution in [-0.2, 0) is 6.42 Å². The standard InChI is InChI=1S/C19H28N4O3/c1-13(2)26-15-8-6-14(7-9-15)12-16-17(24)21-19(22-18(16)25)20-10-5-11-23(3)4/h6-9,13H,5,10-12H2,1-4H3,(H3,20,21,22,24,25)/p+1. The summed E-state index contributed by atoms with van der Waals surface area (Å²) in [6.45, 7) is 5.63. The van der Waals surface area contributed by atoms with Gasteiger partial charge >= 0.3 is 0 Å². The van der Waals surface area contributed by atoms with E-state index in [1.54, 1.807) is 0 Å². The SMILES string of the molecule is CC(C)Oc1ccc(Cc2c(O)nc(NCCC[NH+](C)C)[nH]c2=O)cc1. The highest BCUT2D eigenvalue weighted by Crippen LogP contribution is 2.19. The summed E-state index contributed by atoms with van der Waals surface area (Å²) >= 11 is 0. The number of nitrogens with one attached hydrogen (secondary N) is 3. The molecule has 142 valence electrons. The van der Waals surface area contributed by atoms with E-state index in [1.807, 2.05) is 38.1 Å². The zero-order chi connectivity index (χ0) is 19.1. The van der Waals surface area contributed by atoms with Crippen LogP contribution >= 0.6 is 0 Å². The van der Waals surface area contributed by atoms with E-state index in [2.05, 4.69) is 29.4 Å². The molecule has 0 bridgehead atoms. The molecule has 0 atom stereocenters. The molecule has 0 amide bonds. The van der Waals surface area contributed by atoms with Gasteiger partial charge in [0, 0.05) is 19.4 Å². The number of nitrogens with zero attached hydrogens (tertiary/aromatic N) is 1. The highest BCUT2D eigenvalue weighted by atomic mass is 16.5. The van der Waals surface area contributed by atoms with Gasteiger partial charge in [-0.15, -0.1) is 0 Å². The first-order valence-electron chi connectivity index (χ1n) is 8.96. The van der Waals surface area contributed by atoms with Gasteiger partial charge in [0.15, 0.2) is 0 Å². The fourth-order valence-corrected chi connectivity index (χ4v) is 2.54. The van der Waals surface area contributed by atoms with Crippen molar-refractivity contribution in [3.63, 3.8) is 0 Å². The third-order valence-electron chi connectivity index (χ3n) is 3.82. The zero-order valence-corrected chi connectivity index (χ0v) is 15.9. The van der Waals surface area contributed by atoms with Crippen LogP contribution in [0.1, 0.15) is 31.4 Å². The van der Waals surface area contributed by atoms with Crippen molar-refractivity contribution in [1.29, 1.82) is 0 Å². The lowest BCUT2D eigenvalue weighted by Gasteiger charge is -2.11. The van der Waals surface area contributed by atoms with Crippen LogP contribution in [-0.4, -0.2) is 48.4 Å². The first-order chi connectivity index (χ1) is 12.3. The largest absolute Gasteiger partial charge is 0.493 e. The van der Waals surface area contributed by atoms with Crippen LogP contribution in [0.4, 0.5) is 5.95 Å². The average Bonchev–Trinajstić information content (AvgIpc) is 2.56. The Morgan fingerprint density at radius 2 is 1.96 bits per heavy atom. The maximum Gasteiger partial charge on any atom is 0.259 e. The third kappa shape index (κ3) is 6.07. The monoisotopic (exact) mass is 361 g/mol. The number of ether oxygens (including phenoxy) is 1. The highest BCUT2D eigenvalue weighted by Gasteiger charge is 2.12. The van der Waals surface area contributed by atoms with Crippen LogP contribution in [0.3, 0.4) is 0 Å². The first kappa shape index (κ1) is 19.8. The second-order valence-electron chi connectivity index (χ2n) is 6.94. The molecule has 1 aromatic heterocycles. The lowest BCUT2D eigenvalue weighted by atomic mass is 10.1. The minimum Gasteiger partial charge on any atom is -0.493 e. The van der Waals surface area contributed by atoms with Gasteiger partial charge in [0.1, 0.15) is 5.75 Å². The molecule has 2 aromatic rings. The predicted octanol–water partition coefficient (Wildman–Crippen LogP) is 0.800. The maximum atomic E-state index is 12.3. The lowest BCUT2D eigenvalue weighted by Crippen LogP contribution is -3.05. The van der Waals surface area contributed by atoms with Crippen molar-refractivity contribution in [3.8, 4) is 11.6 Å². The third-order valence-corrected chi connectivity index (χ3v) is 3.82. The van der Waals surface area contributed by atoms with Crippen molar-refractivity contribution in [2.75, 3.05) is 32.5 Å². The second kappa shape index (κ2) is 9.24. The van der Waals surface area contributed by atoms with Crippen LogP contribution in [0.2, 0.25) is 0 Å². The Morgan fingerprint density at radius 3 is 2.54 bits per heavy atom. The number of hydrogen-bond acceptors (Lipinski definition) is 5. The molecular weight excluding hydrogens is 332 g/mol. The van der Waals surface area contributed by atoms with Crippen molar-refractivity contribution in [1.82, 2.24) is 9.97 Å². The van der Waals surface area contributed by atoms with E-state index in [-0.39, 0.29) is 23.1 Å². The van der Waals surface area contributed by atoms with E-state index < -0.39 is 0 Å². The molecule has 0 aliphatic rings. The Hall–Kier alpha value is -2.54. The molecule has 4 N–H and O–H groups in total. The minimum atomic E-state index is -0.333. The molecule has 1 aromatic carbocycles. The van der Waals surface area contributed by atoms with Gasteiger partial charge in [0.2, 0.25) is 11.8 Å². The molecule has 0 aliphatic heterocycles. The Kier molecular flexibility index (Phi) is 7.03. The molecule has 0 spiro atoms. The Morgan fingerprint density at radius 1 is 1.27 bits per heavy atom. The molecule has 0 radical (unpaired) electrons. The van der Waals surface area contributed by atoms with Crippen LogP contribution in [0, 0.1) is 0 Å². The Balaban J connectivity index is 2.02. The van der Waals surface area contributed by atoms with E-state index in [0.717, 1.165) is 24.3 Å². The van der Waals surface area contributed by atoms with E-state index in [9.17, 15) is 9.90 Å². The number of hydrogen-bond donors (Lipinski definition) is 4. The average molecular weight is 361 g/mol. The van der Waals surface area contributed by atoms with Crippen molar-refractivity contribution < 1.29 is 14.7 Å². The predicted molar refractivity (Wildman–Crippen MR) is 102 cm³/mol. The molecule has 0 saturated heterocycles. The van der Waals surface area contributed by atoms with E-state index in [4.69, 9.17) is 4.74 Å². The Labute approximate surface area is 154 Å². The second-order valence-corrected chi connectivity index (χ2v) is 6.94. The number of quaternary nitrogens is 1. The van der Waals surface area contributed by atoms with Crippen molar-refractivity contribution in [3.05, 3.63) is 45.7 Å². The molecule has 26 heavy (non-hydrogen) atoms. The topological polar surface area (TPSA) is 91.7 Å². The molecule has 1 heterocycles. The smallest absolute Gasteiger partial charge is 0.259 e. The normalized spacial score (nSPS) is 11.2. The molecule has 7 nitrogen and oxygen atoms in total. The summed E-state index contributed by atoms with van der Waals surface area (Å²) in [6, 6.07) is 7.48. The molecule has 0 saturated carbocycles. The summed E-state index contributed by atoms with van der Waals surface area (Å²) in [5.41, 5.74) is 0.824. The van der Waals surface area contributed by atoms with Gasteiger partial charge in [-0.2, -0.15) is 4.98 Å². The van der Waals surface area contributed by atoms with Gasteiger partial charge in [-0.25, -0.2) is 0 Å². The summed E-state index contributed by atoms with van der Waals surface area (Å²) in [5.74, 6) is 0.835. The van der Waals surface area contributed by atoms with Crippen LogP contribution in [0.25, 0.3) is 0 Å². The minimum absolute atomic E-state index is 0.108. The molecule has 0 fully saturated rings. The molecule has 0 unspecified atom stereocenters. The van der Waals surface area contributed by atoms with Gasteiger partial charge in [0.05, 0.1) is 32.3 Å². The molecule has 7 heteroatoms. The lowest BCUT2D eigenvalue weighted by molar-refractivity contribution is -0.858. The number of H-pyrrole nitrogens is 1. The van der Waals surface area contributed by atoms with Crippen molar-refractivity contribution in [2.24, 2.45) is 0 Å². The maximum absolute atomic E-state index is 12.3. The number of rotatable bonds is 9. The van der Waals surface area contributed by atoms with E-state index >= 15 is 0 Å². The summed E-state index contributed by atoms with van der Waals surface area (Å²) in [6.07, 6.45) is 1.36. The quantitative estimate of drug-likeness (QED) is 0.496. The molecule has 0 aliphatic carbocycles. The van der Waals surface area contributed by atoms with E-state index in [1.165, 1.54) is 4.90 Å². The number of aromatic nitrogens is 2. The van der Waals surface area contributed by atoms with Gasteiger partial charge < -0.3 is 20.1 Å². The van der Waals surface area contributed by atoms with Crippen molar-refractivity contribution >= 4 is 5.95 Å². The number of benzene rings is 1. The summed E-state index contributed by atoms with van der Waals surface area (Å²) in [7, 11) is 4.17.